The van der Waals surface area contributed by atoms with Crippen molar-refractivity contribution < 1.29 is 14.4 Å². The minimum absolute atomic E-state index is 0. The van der Waals surface area contributed by atoms with Gasteiger partial charge in [0, 0.05) is 31.4 Å². The molecule has 27 heavy (non-hydrogen) atoms. The molecule has 1 aliphatic heterocycles. The minimum Gasteiger partial charge on any atom is -0.366 e. The molecule has 3 rings (SSSR count). The molecular formula is C18H27Cl2FN4O2. The summed E-state index contributed by atoms with van der Waals surface area (Å²) in [6, 6.07) is 4.58. The normalized spacial score (nSPS) is 21.1. The molecule has 0 aromatic carbocycles. The Kier molecular flexibility index (Phi) is 10.0. The third-order valence-electron chi connectivity index (χ3n) is 5.06. The number of halogens is 3. The van der Waals surface area contributed by atoms with Crippen LogP contribution in [0.5, 0.6) is 0 Å². The maximum atomic E-state index is 13.4. The topological polar surface area (TPSA) is 77.5 Å². The van der Waals surface area contributed by atoms with Gasteiger partial charge in [-0.1, -0.05) is 19.3 Å². The lowest BCUT2D eigenvalue weighted by molar-refractivity contribution is -0.126. The zero-order valence-electron chi connectivity index (χ0n) is 15.1. The van der Waals surface area contributed by atoms with E-state index in [1.165, 1.54) is 43.8 Å². The van der Waals surface area contributed by atoms with E-state index in [0.717, 1.165) is 37.4 Å². The van der Waals surface area contributed by atoms with Crippen LogP contribution in [0.2, 0.25) is 0 Å². The molecule has 0 spiro atoms. The summed E-state index contributed by atoms with van der Waals surface area (Å²) in [5, 5.41) is 11.8. The van der Waals surface area contributed by atoms with E-state index in [0.29, 0.717) is 11.6 Å². The highest BCUT2D eigenvalue weighted by Gasteiger charge is 2.29. The first-order chi connectivity index (χ1) is 12.2. The van der Waals surface area contributed by atoms with Crippen LogP contribution in [-0.4, -0.2) is 46.2 Å². The molecule has 9 heteroatoms. The largest absolute Gasteiger partial charge is 0.366 e. The highest BCUT2D eigenvalue weighted by atomic mass is 35.5. The van der Waals surface area contributed by atoms with Gasteiger partial charge < -0.3 is 5.32 Å². The number of amides is 1. The van der Waals surface area contributed by atoms with Crippen molar-refractivity contribution in [2.75, 3.05) is 18.4 Å². The molecule has 1 amide bonds. The van der Waals surface area contributed by atoms with E-state index < -0.39 is 11.7 Å². The number of hydroxylamine groups is 1. The molecule has 6 nitrogen and oxygen atoms in total. The number of rotatable bonds is 5. The number of carbonyl (C=O) groups excluding carboxylic acids is 1. The Morgan fingerprint density at radius 1 is 1.22 bits per heavy atom. The Labute approximate surface area is 171 Å². The molecule has 0 bridgehead atoms. The van der Waals surface area contributed by atoms with Gasteiger partial charge in [-0.05, 0) is 43.0 Å². The lowest BCUT2D eigenvalue weighted by atomic mass is 9.94. The number of anilines is 1. The Morgan fingerprint density at radius 3 is 2.59 bits per heavy atom. The van der Waals surface area contributed by atoms with Crippen LogP contribution in [0.1, 0.15) is 44.1 Å². The second-order valence-corrected chi connectivity index (χ2v) is 6.83. The van der Waals surface area contributed by atoms with Crippen molar-refractivity contribution >= 4 is 42.6 Å². The fourth-order valence-electron chi connectivity index (χ4n) is 3.73. The monoisotopic (exact) mass is 420 g/mol. The van der Waals surface area contributed by atoms with E-state index in [1.54, 1.807) is 12.1 Å². The van der Waals surface area contributed by atoms with E-state index in [9.17, 15) is 9.18 Å². The molecule has 2 fully saturated rings. The average molecular weight is 421 g/mol. The standard InChI is InChI=1S/C18H25FN4O2.2ClH/c19-16(18(24)22-25)10-13-6-7-17(20-11-13)21-14-8-9-23(12-14)15-4-2-1-3-5-15;;/h6-7,10-11,14-15,25H,1-5,8-9,12H2,(H,20,21)(H,22,24);2*1H/t14-;;/m1../s1. The maximum Gasteiger partial charge on any atom is 0.303 e. The molecule has 1 aromatic rings. The van der Waals surface area contributed by atoms with Gasteiger partial charge in [0.25, 0.3) is 0 Å². The fourth-order valence-corrected chi connectivity index (χ4v) is 3.73. The number of hydrogen-bond acceptors (Lipinski definition) is 5. The van der Waals surface area contributed by atoms with Gasteiger partial charge in [-0.25, -0.2) is 14.9 Å². The van der Waals surface area contributed by atoms with Crippen LogP contribution in [0.4, 0.5) is 10.2 Å². The minimum atomic E-state index is -1.17. The van der Waals surface area contributed by atoms with Gasteiger partial charge in [-0.15, -0.1) is 24.8 Å². The van der Waals surface area contributed by atoms with Gasteiger partial charge in [0.05, 0.1) is 0 Å². The van der Waals surface area contributed by atoms with E-state index in [-0.39, 0.29) is 24.8 Å². The second-order valence-electron chi connectivity index (χ2n) is 6.83. The number of carbonyl (C=O) groups is 1. The quantitative estimate of drug-likeness (QED) is 0.385. The van der Waals surface area contributed by atoms with Crippen LogP contribution < -0.4 is 10.8 Å². The van der Waals surface area contributed by atoms with Crippen molar-refractivity contribution in [3.63, 3.8) is 0 Å². The molecule has 1 atom stereocenters. The first-order valence-electron chi connectivity index (χ1n) is 8.94. The SMILES string of the molecule is Cl.Cl.O=C(NO)C(F)=Cc1ccc(N[C@@H]2CCN(C3CCCCC3)C2)nc1. The van der Waals surface area contributed by atoms with Gasteiger partial charge in [0.1, 0.15) is 5.82 Å². The predicted molar refractivity (Wildman–Crippen MR) is 108 cm³/mol. The van der Waals surface area contributed by atoms with Crippen molar-refractivity contribution in [2.45, 2.75) is 50.6 Å². The summed E-state index contributed by atoms with van der Waals surface area (Å²) in [4.78, 5) is 17.8. The summed E-state index contributed by atoms with van der Waals surface area (Å²) >= 11 is 0. The third-order valence-corrected chi connectivity index (χ3v) is 5.06. The van der Waals surface area contributed by atoms with Crippen LogP contribution in [0.25, 0.3) is 6.08 Å². The van der Waals surface area contributed by atoms with Gasteiger partial charge >= 0.3 is 5.91 Å². The van der Waals surface area contributed by atoms with Crippen LogP contribution in [0.3, 0.4) is 0 Å². The van der Waals surface area contributed by atoms with Crippen LogP contribution in [-0.2, 0) is 4.79 Å². The summed E-state index contributed by atoms with van der Waals surface area (Å²) in [7, 11) is 0. The average Bonchev–Trinajstić information content (AvgIpc) is 3.12. The van der Waals surface area contributed by atoms with Gasteiger partial charge in [0.2, 0.25) is 0 Å². The maximum absolute atomic E-state index is 13.4. The molecule has 152 valence electrons. The Morgan fingerprint density at radius 2 is 1.96 bits per heavy atom. The Balaban J connectivity index is 0.00000182. The summed E-state index contributed by atoms with van der Waals surface area (Å²) in [5.74, 6) is -1.49. The van der Waals surface area contributed by atoms with Crippen molar-refractivity contribution in [3.8, 4) is 0 Å². The van der Waals surface area contributed by atoms with E-state index >= 15 is 0 Å². The molecule has 0 unspecified atom stereocenters. The molecule has 2 heterocycles. The fraction of sp³-hybridized carbons (Fsp3) is 0.556. The number of pyridine rings is 1. The lowest BCUT2D eigenvalue weighted by Gasteiger charge is -2.31. The number of hydrogen-bond donors (Lipinski definition) is 3. The highest BCUT2D eigenvalue weighted by Crippen LogP contribution is 2.26. The number of likely N-dealkylation sites (tertiary alicyclic amines) is 1. The number of nitrogens with zero attached hydrogens (tertiary/aromatic N) is 2. The first kappa shape index (κ1) is 23.6. The van der Waals surface area contributed by atoms with Crippen molar-refractivity contribution in [2.24, 2.45) is 0 Å². The summed E-state index contributed by atoms with van der Waals surface area (Å²) < 4.78 is 13.4. The second kappa shape index (κ2) is 11.4. The number of aromatic nitrogens is 1. The Hall–Kier alpha value is -1.41. The molecule has 1 saturated carbocycles. The summed E-state index contributed by atoms with van der Waals surface area (Å²) in [5.41, 5.74) is 1.72. The molecule has 1 aromatic heterocycles. The highest BCUT2D eigenvalue weighted by molar-refractivity contribution is 5.94. The molecule has 0 radical (unpaired) electrons. The van der Waals surface area contributed by atoms with Crippen LogP contribution in [0, 0.1) is 0 Å². The van der Waals surface area contributed by atoms with Crippen molar-refractivity contribution in [3.05, 3.63) is 29.7 Å². The lowest BCUT2D eigenvalue weighted by Crippen LogP contribution is -2.36. The number of nitrogens with one attached hydrogen (secondary N) is 2. The van der Waals surface area contributed by atoms with Crippen LogP contribution >= 0.6 is 24.8 Å². The molecule has 2 aliphatic rings. The van der Waals surface area contributed by atoms with E-state index in [1.807, 2.05) is 0 Å². The third kappa shape index (κ3) is 6.60. The first-order valence-corrected chi connectivity index (χ1v) is 8.94. The zero-order chi connectivity index (χ0) is 17.6. The van der Waals surface area contributed by atoms with Gasteiger partial charge in [-0.2, -0.15) is 0 Å². The zero-order valence-corrected chi connectivity index (χ0v) is 16.7. The van der Waals surface area contributed by atoms with Crippen molar-refractivity contribution in [1.29, 1.82) is 0 Å². The predicted octanol–water partition coefficient (Wildman–Crippen LogP) is 3.56. The summed E-state index contributed by atoms with van der Waals surface area (Å²) in [6.45, 7) is 2.17. The molecule has 1 aliphatic carbocycles. The molecule has 1 saturated heterocycles. The smallest absolute Gasteiger partial charge is 0.303 e. The van der Waals surface area contributed by atoms with E-state index in [2.05, 4.69) is 15.2 Å². The van der Waals surface area contributed by atoms with Crippen molar-refractivity contribution in [1.82, 2.24) is 15.4 Å². The van der Waals surface area contributed by atoms with Gasteiger partial charge in [-0.3, -0.25) is 14.9 Å². The summed E-state index contributed by atoms with van der Waals surface area (Å²) in [6.07, 6.45) is 10.3. The van der Waals surface area contributed by atoms with Gasteiger partial charge in [0.15, 0.2) is 5.83 Å². The Bertz CT molecular complexity index is 624. The molecular weight excluding hydrogens is 394 g/mol. The van der Waals surface area contributed by atoms with E-state index in [4.69, 9.17) is 5.21 Å². The molecule has 3 N–H and O–H groups in total. The van der Waals surface area contributed by atoms with Crippen LogP contribution in [0.15, 0.2) is 24.2 Å².